The zero-order valence-corrected chi connectivity index (χ0v) is 58.9. The first kappa shape index (κ1) is 72.1. The van der Waals surface area contributed by atoms with Crippen LogP contribution in [0.1, 0.15) is 196 Å². The summed E-state index contributed by atoms with van der Waals surface area (Å²) in [7, 11) is -3.47. The predicted molar refractivity (Wildman–Crippen MR) is 367 cm³/mol. The maximum Gasteiger partial charge on any atom is 0.587 e. The van der Waals surface area contributed by atoms with E-state index in [2.05, 4.69) is 45.3 Å². The number of benzene rings is 3. The van der Waals surface area contributed by atoms with Crippen LogP contribution in [0.2, 0.25) is 10.0 Å². The number of hydrogen-bond donors (Lipinski definition) is 2. The van der Waals surface area contributed by atoms with E-state index >= 15 is 4.57 Å². The zero-order valence-electron chi connectivity index (χ0n) is 56.5. The lowest BCUT2D eigenvalue weighted by molar-refractivity contribution is -0.200. The number of nitriles is 3. The first-order valence-corrected chi connectivity index (χ1v) is 36.4. The van der Waals surface area contributed by atoms with Crippen molar-refractivity contribution in [1.29, 1.82) is 15.8 Å². The van der Waals surface area contributed by atoms with Gasteiger partial charge in [-0.25, -0.2) is 23.6 Å². The average molecular weight is 1400 g/mol. The van der Waals surface area contributed by atoms with Crippen LogP contribution in [0.3, 0.4) is 0 Å². The number of nitrogens with two attached hydrogens (primary N) is 2. The van der Waals surface area contributed by atoms with Crippen LogP contribution in [0.25, 0.3) is 11.0 Å². The summed E-state index contributed by atoms with van der Waals surface area (Å²) in [6.45, 7) is 9.08. The van der Waals surface area contributed by atoms with Crippen molar-refractivity contribution in [3.05, 3.63) is 135 Å². The number of nitrogens with zero attached hydrogens (tertiary/aromatic N) is 9. The third kappa shape index (κ3) is 16.2. The number of unbranched alkanes of at least 4 members (excludes halogenated alkanes) is 16. The molecule has 0 amide bonds. The van der Waals surface area contributed by atoms with Gasteiger partial charge in [-0.15, -0.1) is 0 Å². The zero-order chi connectivity index (χ0) is 69.2. The van der Waals surface area contributed by atoms with Crippen molar-refractivity contribution in [1.82, 2.24) is 29.2 Å². The molecule has 8 heterocycles. The lowest BCUT2D eigenvalue weighted by atomic mass is 9.88. The number of methoxy groups -OCH3 is 1. The van der Waals surface area contributed by atoms with Gasteiger partial charge in [0.05, 0.1) is 53.4 Å². The first-order valence-electron chi connectivity index (χ1n) is 34.2. The number of aromatic nitrogens is 6. The molecule has 0 saturated carbocycles. The van der Waals surface area contributed by atoms with E-state index in [1.54, 1.807) is 103 Å². The van der Waals surface area contributed by atoms with Gasteiger partial charge in [0.25, 0.3) is 0 Å². The Morgan fingerprint density at radius 1 is 0.602 bits per heavy atom. The van der Waals surface area contributed by atoms with Crippen LogP contribution >= 0.6 is 31.0 Å². The number of phosphoric ester groups is 1. The number of rotatable bonds is 35. The molecule has 4 aliphatic rings. The molecule has 11 rings (SSSR count). The van der Waals surface area contributed by atoms with Crippen LogP contribution in [-0.4, -0.2) is 96.2 Å². The van der Waals surface area contributed by atoms with Gasteiger partial charge in [-0.05, 0) is 99.3 Å². The number of nitrogen functional groups attached to an aromatic ring is 2. The molecule has 0 bridgehead atoms. The molecule has 0 spiro atoms. The predicted octanol–water partition coefficient (Wildman–Crippen LogP) is 15.5. The number of ether oxygens (including phenoxy) is 8. The molecule has 0 radical (unpaired) electrons. The number of halogens is 2. The standard InChI is InChI=1S/C72H88Cl2N11O12P/c1-7-8-9-10-11-12-13-14-15-16-17-18-19-20-21-22-23-28-51(88-41-47-31-32-50(40-75)58(37-47)87-6)42-89-98(86,96-56-29-24-26-48(59(56)73)38-71(43-76)65-63(90-69(2,3)94-65)61(92-71)52-33-35-54-67(78)80-45-82-84(52)54)97-57-30-25-27-49(60(57)74)39-72(44-77)66-64(91-70(4,5)95-66)62(93-72)53-34-36-55-68(79)81-46-83-85(53)55/h24-27,29-37,45-46,51,61-66H,7-23,28,38-39,41-42H2,1-6H3,(H2,78,80,82)(H2,79,81,83)/t51-,61-,62-,63-,64-,65-,66-,71-,72-/m1/s1. The van der Waals surface area contributed by atoms with Crippen LogP contribution in [-0.2, 0) is 61.7 Å². The van der Waals surface area contributed by atoms with Crippen LogP contribution in [0.4, 0.5) is 11.6 Å². The first-order chi connectivity index (χ1) is 47.2. The van der Waals surface area contributed by atoms with Gasteiger partial charge >= 0.3 is 7.82 Å². The Balaban J connectivity index is 0.855. The molecule has 26 heteroatoms. The Kier molecular flexibility index (Phi) is 23.3. The number of anilines is 2. The van der Waals surface area contributed by atoms with Crippen molar-refractivity contribution in [3.8, 4) is 35.5 Å². The average Bonchev–Trinajstić information content (AvgIpc) is 1.57. The topological polar surface area (TPSA) is 302 Å². The summed E-state index contributed by atoms with van der Waals surface area (Å²) < 4.78 is 90.5. The normalized spacial score (nSPS) is 23.3. The van der Waals surface area contributed by atoms with E-state index in [4.69, 9.17) is 86.1 Å². The molecular formula is C72H88Cl2N11O12P. The van der Waals surface area contributed by atoms with E-state index in [9.17, 15) is 15.8 Å². The Labute approximate surface area is 582 Å². The van der Waals surface area contributed by atoms with E-state index in [1.807, 2.05) is 0 Å². The number of fused-ring (bicyclic) bond motifs is 4. The second kappa shape index (κ2) is 31.6. The number of hydrogen-bond acceptors (Lipinski definition) is 21. The van der Waals surface area contributed by atoms with E-state index in [0.29, 0.717) is 51.3 Å². The van der Waals surface area contributed by atoms with E-state index < -0.39 is 73.3 Å². The lowest BCUT2D eigenvalue weighted by Crippen LogP contribution is -2.44. The molecule has 98 heavy (non-hydrogen) atoms. The van der Waals surface area contributed by atoms with Gasteiger partial charge in [0.15, 0.2) is 45.9 Å². The summed E-state index contributed by atoms with van der Waals surface area (Å²) in [5.41, 5.74) is 13.0. The van der Waals surface area contributed by atoms with Gasteiger partial charge in [0.1, 0.15) is 84.3 Å². The second-order valence-electron chi connectivity index (χ2n) is 26.8. The largest absolute Gasteiger partial charge is 0.587 e. The molecule has 0 unspecified atom stereocenters. The quantitative estimate of drug-likeness (QED) is 0.0275. The minimum Gasteiger partial charge on any atom is -0.495 e. The monoisotopic (exact) mass is 1400 g/mol. The summed E-state index contributed by atoms with van der Waals surface area (Å²) in [5.74, 6) is -1.62. The fourth-order valence-corrected chi connectivity index (χ4v) is 15.7. The van der Waals surface area contributed by atoms with Crippen LogP contribution in [0.5, 0.6) is 17.2 Å². The van der Waals surface area contributed by atoms with Crippen LogP contribution < -0.4 is 25.3 Å². The molecule has 4 aliphatic heterocycles. The molecule has 4 N–H and O–H groups in total. The molecule has 3 aromatic carbocycles. The highest BCUT2D eigenvalue weighted by atomic mass is 35.5. The van der Waals surface area contributed by atoms with Gasteiger partial charge in [-0.3, -0.25) is 4.52 Å². The van der Waals surface area contributed by atoms with Crippen LogP contribution in [0.15, 0.2) is 91.5 Å². The van der Waals surface area contributed by atoms with Gasteiger partial charge in [0, 0.05) is 12.8 Å². The SMILES string of the molecule is CCCCCCCCCCCCCCCCCCC[C@H](COP(=O)(Oc1cccc(C[C@]2(C#N)O[C@H](c3ccc4c(N)ncnn34)[C@H]3OC(C)(C)O[C@H]32)c1Cl)Oc1cccc(C[C@]2(C#N)O[C@H](c3ccc4c(N)ncnn34)[C@H]3OC(C)(C)O[C@H]32)c1Cl)OCc1ccc(C#N)c(OC)c1. The molecular weight excluding hydrogens is 1310 g/mol. The number of phosphoric acid groups is 1. The van der Waals surface area contributed by atoms with Gasteiger partial charge < -0.3 is 58.4 Å². The van der Waals surface area contributed by atoms with Crippen molar-refractivity contribution >= 4 is 53.7 Å². The maximum absolute atomic E-state index is 16.1. The van der Waals surface area contributed by atoms with Crippen molar-refractivity contribution in [2.24, 2.45) is 0 Å². The lowest BCUT2D eigenvalue weighted by Gasteiger charge is -2.30. The minimum atomic E-state index is -4.97. The molecule has 522 valence electrons. The van der Waals surface area contributed by atoms with E-state index in [-0.39, 0.29) is 59.2 Å². The van der Waals surface area contributed by atoms with Crippen molar-refractivity contribution in [2.45, 2.75) is 235 Å². The summed E-state index contributed by atoms with van der Waals surface area (Å²) in [5, 5.41) is 41.2. The van der Waals surface area contributed by atoms with E-state index in [1.165, 1.54) is 115 Å². The second-order valence-corrected chi connectivity index (χ2v) is 29.1. The maximum atomic E-state index is 16.1. The molecule has 0 aliphatic carbocycles. The summed E-state index contributed by atoms with van der Waals surface area (Å²) in [4.78, 5) is 8.27. The summed E-state index contributed by atoms with van der Waals surface area (Å²) in [6, 6.07) is 29.0. The Hall–Kier alpha value is -7.14. The van der Waals surface area contributed by atoms with Crippen molar-refractivity contribution in [2.75, 3.05) is 25.2 Å². The fraction of sp³-hybridized carbons (Fsp3) is 0.542. The van der Waals surface area contributed by atoms with Crippen molar-refractivity contribution < 1.29 is 56.0 Å². The minimum absolute atomic E-state index is 0.0408. The Bertz CT molecular complexity index is 3900. The molecule has 23 nitrogen and oxygen atoms in total. The molecule has 4 saturated heterocycles. The molecule has 9 atom stereocenters. The highest BCUT2D eigenvalue weighted by molar-refractivity contribution is 7.49. The smallest absolute Gasteiger partial charge is 0.495 e. The highest BCUT2D eigenvalue weighted by Crippen LogP contribution is 2.57. The molecule has 4 aromatic heterocycles. The Morgan fingerprint density at radius 3 is 1.50 bits per heavy atom. The third-order valence-electron chi connectivity index (χ3n) is 18.8. The highest BCUT2D eigenvalue weighted by Gasteiger charge is 2.66. The Morgan fingerprint density at radius 2 is 1.06 bits per heavy atom. The van der Waals surface area contributed by atoms with Crippen molar-refractivity contribution in [3.63, 3.8) is 0 Å². The van der Waals surface area contributed by atoms with Gasteiger partial charge in [-0.1, -0.05) is 170 Å². The van der Waals surface area contributed by atoms with Gasteiger partial charge in [-0.2, -0.15) is 26.0 Å². The summed E-state index contributed by atoms with van der Waals surface area (Å²) >= 11 is 14.8. The summed E-state index contributed by atoms with van der Waals surface area (Å²) in [6.07, 6.45) is 17.7. The molecule has 7 aromatic rings. The molecule has 4 fully saturated rings. The fourth-order valence-electron chi connectivity index (χ4n) is 13.9. The van der Waals surface area contributed by atoms with Crippen LogP contribution in [0, 0.1) is 34.0 Å². The van der Waals surface area contributed by atoms with E-state index in [0.717, 1.165) is 31.2 Å². The van der Waals surface area contributed by atoms with Gasteiger partial charge in [0.2, 0.25) is 0 Å². The third-order valence-corrected chi connectivity index (χ3v) is 20.9.